The van der Waals surface area contributed by atoms with Crippen molar-refractivity contribution in [1.29, 1.82) is 5.26 Å². The lowest BCUT2D eigenvalue weighted by Crippen LogP contribution is -2.25. The maximum Gasteiger partial charge on any atom is 0.150 e. The Balaban J connectivity index is 2.77. The number of nitrogens with one attached hydrogen (secondary N) is 1. The van der Waals surface area contributed by atoms with Crippen molar-refractivity contribution in [2.24, 2.45) is 17.8 Å². The zero-order valence-corrected chi connectivity index (χ0v) is 11.6. The molecule has 1 aromatic heterocycles. The lowest BCUT2D eigenvalue weighted by atomic mass is 9.85. The molecule has 3 N–H and O–H groups in total. The van der Waals surface area contributed by atoms with E-state index < -0.39 is 0 Å². The molecule has 0 radical (unpaired) electrons. The van der Waals surface area contributed by atoms with Crippen LogP contribution in [-0.4, -0.2) is 11.5 Å². The minimum atomic E-state index is 0.436. The molecule has 0 aliphatic heterocycles. The third kappa shape index (κ3) is 3.36. The Morgan fingerprint density at radius 1 is 1.33 bits per heavy atom. The van der Waals surface area contributed by atoms with Gasteiger partial charge in [0, 0.05) is 12.7 Å². The van der Waals surface area contributed by atoms with Crippen LogP contribution in [0.3, 0.4) is 0 Å². The van der Waals surface area contributed by atoms with Gasteiger partial charge in [-0.15, -0.1) is 0 Å². The first-order valence-electron chi connectivity index (χ1n) is 6.35. The van der Waals surface area contributed by atoms with Gasteiger partial charge in [-0.3, -0.25) is 0 Å². The molecule has 0 aliphatic carbocycles. The van der Waals surface area contributed by atoms with Gasteiger partial charge in [-0.1, -0.05) is 27.7 Å². The van der Waals surface area contributed by atoms with Gasteiger partial charge in [-0.2, -0.15) is 5.26 Å². The van der Waals surface area contributed by atoms with Crippen molar-refractivity contribution in [3.8, 4) is 6.07 Å². The Bertz CT molecular complexity index is 424. The highest BCUT2D eigenvalue weighted by atomic mass is 15.0. The second kappa shape index (κ2) is 6.25. The Labute approximate surface area is 109 Å². The molecule has 0 spiro atoms. The van der Waals surface area contributed by atoms with Crippen molar-refractivity contribution in [1.82, 2.24) is 4.98 Å². The molecular weight excluding hydrogens is 224 g/mol. The van der Waals surface area contributed by atoms with Crippen molar-refractivity contribution in [3.63, 3.8) is 0 Å². The summed E-state index contributed by atoms with van der Waals surface area (Å²) in [6.07, 6.45) is 1.61. The van der Waals surface area contributed by atoms with Gasteiger partial charge in [0.2, 0.25) is 0 Å². The molecule has 98 valence electrons. The van der Waals surface area contributed by atoms with Crippen molar-refractivity contribution in [2.75, 3.05) is 17.6 Å². The highest BCUT2D eigenvalue weighted by Crippen LogP contribution is 2.23. The van der Waals surface area contributed by atoms with Gasteiger partial charge in [0.05, 0.1) is 11.3 Å². The standard InChI is InChI=1S/C14H22N4/c1-9(2)12(10(3)4)8-18-14-13(16)11(7-15)5-6-17-14/h5-6,9-10,12H,8,16H2,1-4H3,(H,17,18). The second-order valence-corrected chi connectivity index (χ2v) is 5.27. The number of aromatic nitrogens is 1. The summed E-state index contributed by atoms with van der Waals surface area (Å²) < 4.78 is 0. The summed E-state index contributed by atoms with van der Waals surface area (Å²) >= 11 is 0. The van der Waals surface area contributed by atoms with Gasteiger partial charge in [-0.05, 0) is 23.8 Å². The predicted octanol–water partition coefficient (Wildman–Crippen LogP) is 2.88. The van der Waals surface area contributed by atoms with Gasteiger partial charge in [0.25, 0.3) is 0 Å². The zero-order valence-electron chi connectivity index (χ0n) is 11.6. The van der Waals surface area contributed by atoms with E-state index in [0.717, 1.165) is 6.54 Å². The number of nitrogen functional groups attached to an aromatic ring is 1. The fraction of sp³-hybridized carbons (Fsp3) is 0.571. The number of nitrogens with zero attached hydrogens (tertiary/aromatic N) is 2. The van der Waals surface area contributed by atoms with Gasteiger partial charge in [-0.25, -0.2) is 4.98 Å². The normalized spacial score (nSPS) is 11.0. The number of nitriles is 1. The Hall–Kier alpha value is -1.76. The molecule has 1 heterocycles. The average molecular weight is 246 g/mol. The molecule has 0 atom stereocenters. The first-order chi connectivity index (χ1) is 8.47. The van der Waals surface area contributed by atoms with Gasteiger partial charge < -0.3 is 11.1 Å². The van der Waals surface area contributed by atoms with Crippen LogP contribution in [0, 0.1) is 29.1 Å². The van der Waals surface area contributed by atoms with Crippen LogP contribution in [0.15, 0.2) is 12.3 Å². The maximum atomic E-state index is 8.91. The SMILES string of the molecule is CC(C)C(CNc1nccc(C#N)c1N)C(C)C. The maximum absolute atomic E-state index is 8.91. The minimum Gasteiger partial charge on any atom is -0.395 e. The molecular formula is C14H22N4. The van der Waals surface area contributed by atoms with E-state index in [1.807, 2.05) is 0 Å². The smallest absolute Gasteiger partial charge is 0.150 e. The molecule has 18 heavy (non-hydrogen) atoms. The fourth-order valence-electron chi connectivity index (χ4n) is 2.17. The van der Waals surface area contributed by atoms with Crippen LogP contribution >= 0.6 is 0 Å². The quantitative estimate of drug-likeness (QED) is 0.837. The molecule has 4 nitrogen and oxygen atoms in total. The van der Waals surface area contributed by atoms with Crippen LogP contribution in [0.4, 0.5) is 11.5 Å². The Morgan fingerprint density at radius 3 is 2.44 bits per heavy atom. The lowest BCUT2D eigenvalue weighted by Gasteiger charge is -2.25. The zero-order chi connectivity index (χ0) is 13.7. The molecule has 0 unspecified atom stereocenters. The molecule has 0 saturated heterocycles. The highest BCUT2D eigenvalue weighted by molar-refractivity contribution is 5.68. The summed E-state index contributed by atoms with van der Waals surface area (Å²) in [5.41, 5.74) is 6.79. The highest BCUT2D eigenvalue weighted by Gasteiger charge is 2.18. The number of rotatable bonds is 5. The van der Waals surface area contributed by atoms with E-state index in [-0.39, 0.29) is 0 Å². The molecule has 0 saturated carbocycles. The minimum absolute atomic E-state index is 0.436. The Morgan fingerprint density at radius 2 is 1.94 bits per heavy atom. The largest absolute Gasteiger partial charge is 0.395 e. The third-order valence-electron chi connectivity index (χ3n) is 3.33. The summed E-state index contributed by atoms with van der Waals surface area (Å²) in [6, 6.07) is 3.69. The van der Waals surface area contributed by atoms with Crippen LogP contribution in [0.25, 0.3) is 0 Å². The van der Waals surface area contributed by atoms with Gasteiger partial charge in [0.15, 0.2) is 5.82 Å². The molecule has 0 aromatic carbocycles. The van der Waals surface area contributed by atoms with Crippen molar-refractivity contribution in [3.05, 3.63) is 17.8 Å². The number of pyridine rings is 1. The first-order valence-corrected chi connectivity index (χ1v) is 6.35. The molecule has 1 rings (SSSR count). The third-order valence-corrected chi connectivity index (χ3v) is 3.33. The first kappa shape index (κ1) is 14.3. The van der Waals surface area contributed by atoms with E-state index in [1.165, 1.54) is 0 Å². The van der Waals surface area contributed by atoms with Crippen LogP contribution in [-0.2, 0) is 0 Å². The van der Waals surface area contributed by atoms with E-state index in [0.29, 0.717) is 34.8 Å². The monoisotopic (exact) mass is 246 g/mol. The molecule has 1 aromatic rings. The van der Waals surface area contributed by atoms with E-state index in [2.05, 4.69) is 44.1 Å². The van der Waals surface area contributed by atoms with Crippen LogP contribution in [0.1, 0.15) is 33.3 Å². The van der Waals surface area contributed by atoms with Gasteiger partial charge >= 0.3 is 0 Å². The van der Waals surface area contributed by atoms with Crippen LogP contribution in [0.5, 0.6) is 0 Å². The second-order valence-electron chi connectivity index (χ2n) is 5.27. The number of nitrogens with two attached hydrogens (primary N) is 1. The van der Waals surface area contributed by atoms with E-state index in [9.17, 15) is 0 Å². The molecule has 0 aliphatic rings. The lowest BCUT2D eigenvalue weighted by molar-refractivity contribution is 0.304. The van der Waals surface area contributed by atoms with E-state index >= 15 is 0 Å². The van der Waals surface area contributed by atoms with E-state index in [4.69, 9.17) is 11.0 Å². The molecule has 0 amide bonds. The van der Waals surface area contributed by atoms with Crippen molar-refractivity contribution >= 4 is 11.5 Å². The summed E-state index contributed by atoms with van der Waals surface area (Å²) in [4.78, 5) is 4.19. The summed E-state index contributed by atoms with van der Waals surface area (Å²) in [5.74, 6) is 2.35. The fourth-order valence-corrected chi connectivity index (χ4v) is 2.17. The van der Waals surface area contributed by atoms with Crippen LogP contribution in [0.2, 0.25) is 0 Å². The molecule has 4 heteroatoms. The number of hydrogen-bond acceptors (Lipinski definition) is 4. The number of hydrogen-bond donors (Lipinski definition) is 2. The van der Waals surface area contributed by atoms with Gasteiger partial charge in [0.1, 0.15) is 6.07 Å². The molecule has 0 bridgehead atoms. The van der Waals surface area contributed by atoms with E-state index in [1.54, 1.807) is 12.3 Å². The summed E-state index contributed by atoms with van der Waals surface area (Å²) in [6.45, 7) is 9.69. The number of anilines is 2. The summed E-state index contributed by atoms with van der Waals surface area (Å²) in [5, 5.41) is 12.2. The summed E-state index contributed by atoms with van der Waals surface area (Å²) in [7, 11) is 0. The Kier molecular flexibility index (Phi) is 4.96. The predicted molar refractivity (Wildman–Crippen MR) is 75.0 cm³/mol. The topological polar surface area (TPSA) is 74.7 Å². The molecule has 0 fully saturated rings. The van der Waals surface area contributed by atoms with Crippen molar-refractivity contribution < 1.29 is 0 Å². The average Bonchev–Trinajstić information content (AvgIpc) is 2.30. The van der Waals surface area contributed by atoms with Crippen LogP contribution < -0.4 is 11.1 Å². The van der Waals surface area contributed by atoms with Crippen molar-refractivity contribution in [2.45, 2.75) is 27.7 Å².